The van der Waals surface area contributed by atoms with Crippen molar-refractivity contribution in [1.82, 2.24) is 0 Å². The zero-order valence-electron chi connectivity index (χ0n) is 7.69. The van der Waals surface area contributed by atoms with Crippen molar-refractivity contribution in [2.24, 2.45) is 5.41 Å². The SMILES string of the molecule is CC1OCC2(CO[CH-]OC2)CO1.[Y]. The van der Waals surface area contributed by atoms with E-state index in [-0.39, 0.29) is 44.4 Å². The summed E-state index contributed by atoms with van der Waals surface area (Å²) in [5.74, 6) is 0. The van der Waals surface area contributed by atoms with E-state index in [2.05, 4.69) is 0 Å². The van der Waals surface area contributed by atoms with Crippen LogP contribution in [0.1, 0.15) is 6.92 Å². The van der Waals surface area contributed by atoms with Gasteiger partial charge < -0.3 is 18.9 Å². The third-order valence-corrected chi connectivity index (χ3v) is 2.16. The van der Waals surface area contributed by atoms with Gasteiger partial charge in [-0.2, -0.15) is 0 Å². The normalized spacial score (nSPS) is 28.4. The first-order valence-corrected chi connectivity index (χ1v) is 4.09. The van der Waals surface area contributed by atoms with Crippen LogP contribution in [0.3, 0.4) is 0 Å². The zero-order chi connectivity index (χ0) is 8.44. The molecule has 2 saturated heterocycles. The molecular weight excluding hydrogens is 249 g/mol. The topological polar surface area (TPSA) is 36.9 Å². The molecule has 2 heterocycles. The molecule has 0 N–H and O–H groups in total. The van der Waals surface area contributed by atoms with Crippen LogP contribution >= 0.6 is 0 Å². The van der Waals surface area contributed by atoms with E-state index in [1.807, 2.05) is 6.92 Å². The maximum absolute atomic E-state index is 5.38. The molecule has 2 aliphatic heterocycles. The Balaban J connectivity index is 0.000000845. The maximum Gasteiger partial charge on any atom is 0.154 e. The molecule has 4 nitrogen and oxygen atoms in total. The second-order valence-corrected chi connectivity index (χ2v) is 3.41. The number of hydrogen-bond acceptors (Lipinski definition) is 4. The fraction of sp³-hybridized carbons (Fsp3) is 0.875. The summed E-state index contributed by atoms with van der Waals surface area (Å²) in [5, 5.41) is 0. The van der Waals surface area contributed by atoms with Crippen LogP contribution in [0.5, 0.6) is 0 Å². The van der Waals surface area contributed by atoms with E-state index >= 15 is 0 Å². The van der Waals surface area contributed by atoms with Gasteiger partial charge in [0.1, 0.15) is 0 Å². The van der Waals surface area contributed by atoms with Crippen LogP contribution in [0.2, 0.25) is 0 Å². The molecule has 2 aliphatic rings. The summed E-state index contributed by atoms with van der Waals surface area (Å²) in [7, 11) is 0. The van der Waals surface area contributed by atoms with Crippen molar-refractivity contribution in [1.29, 1.82) is 0 Å². The number of hydrogen-bond donors (Lipinski definition) is 0. The van der Waals surface area contributed by atoms with Crippen LogP contribution in [-0.2, 0) is 51.7 Å². The van der Waals surface area contributed by atoms with Gasteiger partial charge >= 0.3 is 0 Å². The minimum absolute atomic E-state index is 0. The van der Waals surface area contributed by atoms with Crippen molar-refractivity contribution in [3.63, 3.8) is 0 Å². The average Bonchev–Trinajstić information content (AvgIpc) is 2.13. The molecule has 5 heteroatoms. The molecule has 2 fully saturated rings. The van der Waals surface area contributed by atoms with E-state index in [4.69, 9.17) is 18.9 Å². The van der Waals surface area contributed by atoms with Gasteiger partial charge in [0.15, 0.2) is 6.29 Å². The molecule has 0 atom stereocenters. The molecule has 0 aromatic heterocycles. The molecule has 0 amide bonds. The first-order valence-electron chi connectivity index (χ1n) is 4.09. The van der Waals surface area contributed by atoms with Crippen molar-refractivity contribution in [2.45, 2.75) is 13.2 Å². The molecule has 0 saturated carbocycles. The molecule has 1 spiro atoms. The largest absolute Gasteiger partial charge is 0.524 e. The average molecular weight is 262 g/mol. The smallest absolute Gasteiger partial charge is 0.154 e. The summed E-state index contributed by atoms with van der Waals surface area (Å²) >= 11 is 0. The van der Waals surface area contributed by atoms with E-state index in [0.717, 1.165) is 0 Å². The van der Waals surface area contributed by atoms with E-state index in [9.17, 15) is 0 Å². The van der Waals surface area contributed by atoms with Gasteiger partial charge in [-0.3, -0.25) is 0 Å². The molecular formula is C8H13O4Y-. The van der Waals surface area contributed by atoms with Gasteiger partial charge in [-0.25, -0.2) is 0 Å². The Morgan fingerprint density at radius 3 is 2.15 bits per heavy atom. The monoisotopic (exact) mass is 262 g/mol. The quantitative estimate of drug-likeness (QED) is 0.597. The standard InChI is InChI=1S/C8H13O4.Y/c1-7-11-4-8(5-12-7)2-9-6-10-3-8;/h6-7H,2-5H2,1H3;/q-1;. The Hall–Kier alpha value is 0.944. The first kappa shape index (κ1) is 12.0. The fourth-order valence-electron chi connectivity index (χ4n) is 1.36. The third-order valence-electron chi connectivity index (χ3n) is 2.16. The van der Waals surface area contributed by atoms with Gasteiger partial charge in [-0.1, -0.05) is 6.79 Å². The Morgan fingerprint density at radius 1 is 1.08 bits per heavy atom. The predicted octanol–water partition coefficient (Wildman–Crippen LogP) is 0.529. The Labute approximate surface area is 103 Å². The van der Waals surface area contributed by atoms with Crippen molar-refractivity contribution in [3.05, 3.63) is 6.79 Å². The summed E-state index contributed by atoms with van der Waals surface area (Å²) in [4.78, 5) is 0. The summed E-state index contributed by atoms with van der Waals surface area (Å²) < 4.78 is 20.9. The van der Waals surface area contributed by atoms with Crippen LogP contribution in [0.4, 0.5) is 0 Å². The van der Waals surface area contributed by atoms with Crippen LogP contribution in [-0.4, -0.2) is 32.7 Å². The Kier molecular flexibility index (Phi) is 4.76. The summed E-state index contributed by atoms with van der Waals surface area (Å²) in [6.45, 7) is 5.83. The van der Waals surface area contributed by atoms with Crippen molar-refractivity contribution in [2.75, 3.05) is 26.4 Å². The molecule has 73 valence electrons. The molecule has 2 rings (SSSR count). The molecule has 0 aliphatic carbocycles. The van der Waals surface area contributed by atoms with E-state index in [0.29, 0.717) is 26.4 Å². The van der Waals surface area contributed by atoms with E-state index < -0.39 is 0 Å². The Morgan fingerprint density at radius 2 is 1.62 bits per heavy atom. The van der Waals surface area contributed by atoms with Gasteiger partial charge in [-0.05, 0) is 6.92 Å². The van der Waals surface area contributed by atoms with Crippen molar-refractivity contribution >= 4 is 0 Å². The van der Waals surface area contributed by atoms with Gasteiger partial charge in [0.25, 0.3) is 0 Å². The summed E-state index contributed by atoms with van der Waals surface area (Å²) in [5.41, 5.74) is -0.0821. The molecule has 0 bridgehead atoms. The third kappa shape index (κ3) is 2.94. The Bertz CT molecular complexity index is 148. The fourth-order valence-corrected chi connectivity index (χ4v) is 1.36. The molecule has 13 heavy (non-hydrogen) atoms. The van der Waals surface area contributed by atoms with Crippen LogP contribution in [0.25, 0.3) is 0 Å². The van der Waals surface area contributed by atoms with Gasteiger partial charge in [-0.15, -0.1) is 0 Å². The maximum atomic E-state index is 5.38. The molecule has 0 aromatic carbocycles. The number of rotatable bonds is 0. The summed E-state index contributed by atoms with van der Waals surface area (Å²) in [6.07, 6.45) is -0.0958. The van der Waals surface area contributed by atoms with E-state index in [1.165, 1.54) is 6.79 Å². The van der Waals surface area contributed by atoms with E-state index in [1.54, 1.807) is 0 Å². The second kappa shape index (κ2) is 5.15. The molecule has 0 aromatic rings. The second-order valence-electron chi connectivity index (χ2n) is 3.41. The molecule has 1 radical (unpaired) electrons. The van der Waals surface area contributed by atoms with Crippen LogP contribution in [0.15, 0.2) is 0 Å². The number of ether oxygens (including phenoxy) is 4. The van der Waals surface area contributed by atoms with Crippen molar-refractivity contribution in [3.8, 4) is 0 Å². The minimum atomic E-state index is -0.0958. The minimum Gasteiger partial charge on any atom is -0.524 e. The zero-order valence-corrected chi connectivity index (χ0v) is 10.5. The van der Waals surface area contributed by atoms with Crippen LogP contribution < -0.4 is 0 Å². The van der Waals surface area contributed by atoms with Gasteiger partial charge in [0, 0.05) is 45.9 Å². The predicted molar refractivity (Wildman–Crippen MR) is 40.0 cm³/mol. The van der Waals surface area contributed by atoms with Crippen LogP contribution in [0, 0.1) is 12.2 Å². The summed E-state index contributed by atoms with van der Waals surface area (Å²) in [6, 6.07) is 0. The first-order chi connectivity index (χ1) is 5.81. The van der Waals surface area contributed by atoms with Crippen molar-refractivity contribution < 1.29 is 51.7 Å². The molecule has 0 unspecified atom stereocenters. The van der Waals surface area contributed by atoms with Gasteiger partial charge in [0.2, 0.25) is 0 Å². The van der Waals surface area contributed by atoms with Gasteiger partial charge in [0.05, 0.1) is 18.6 Å².